The maximum atomic E-state index is 10.8. The number of carbonyl (C=O) groups is 1. The Labute approximate surface area is 95.4 Å². The van der Waals surface area contributed by atoms with Gasteiger partial charge in [-0.2, -0.15) is 0 Å². The van der Waals surface area contributed by atoms with Crippen LogP contribution in [0.3, 0.4) is 0 Å². The van der Waals surface area contributed by atoms with Crippen molar-refractivity contribution in [2.24, 2.45) is 5.92 Å². The predicted molar refractivity (Wildman–Crippen MR) is 62.0 cm³/mol. The van der Waals surface area contributed by atoms with Gasteiger partial charge in [-0.3, -0.25) is 4.79 Å². The number of hydrogen-bond donors (Lipinski definition) is 1. The van der Waals surface area contributed by atoms with Gasteiger partial charge < -0.3 is 9.84 Å². The highest BCUT2D eigenvalue weighted by molar-refractivity contribution is 5.70. The molecule has 0 radical (unpaired) electrons. The standard InChI is InChI=1S/C13H16O3/c1-2-6-12(13(14)15)10-16-9-11-7-4-3-5-8-11/h2-5,7-8,12H,1,6,9-10H2,(H,14,15)/t12-/m1/s1. The molecule has 1 aromatic carbocycles. The van der Waals surface area contributed by atoms with E-state index in [-0.39, 0.29) is 6.61 Å². The first-order valence-corrected chi connectivity index (χ1v) is 5.19. The molecule has 0 saturated carbocycles. The average Bonchev–Trinajstić information content (AvgIpc) is 2.29. The van der Waals surface area contributed by atoms with Crippen LogP contribution < -0.4 is 0 Å². The largest absolute Gasteiger partial charge is 0.481 e. The summed E-state index contributed by atoms with van der Waals surface area (Å²) in [5.41, 5.74) is 1.05. The first-order valence-electron chi connectivity index (χ1n) is 5.19. The van der Waals surface area contributed by atoms with E-state index in [4.69, 9.17) is 9.84 Å². The van der Waals surface area contributed by atoms with E-state index in [0.29, 0.717) is 13.0 Å². The summed E-state index contributed by atoms with van der Waals surface area (Å²) in [5, 5.41) is 8.87. The van der Waals surface area contributed by atoms with Crippen molar-refractivity contribution in [3.63, 3.8) is 0 Å². The van der Waals surface area contributed by atoms with E-state index in [9.17, 15) is 4.79 Å². The fourth-order valence-electron chi connectivity index (χ4n) is 1.33. The van der Waals surface area contributed by atoms with Gasteiger partial charge in [0.25, 0.3) is 0 Å². The van der Waals surface area contributed by atoms with Crippen LogP contribution in [0.1, 0.15) is 12.0 Å². The van der Waals surface area contributed by atoms with Crippen LogP contribution in [0, 0.1) is 5.92 Å². The zero-order chi connectivity index (χ0) is 11.8. The smallest absolute Gasteiger partial charge is 0.309 e. The first kappa shape index (κ1) is 12.5. The Morgan fingerprint density at radius 2 is 2.12 bits per heavy atom. The number of benzene rings is 1. The second kappa shape index (κ2) is 6.80. The number of aliphatic carboxylic acids is 1. The van der Waals surface area contributed by atoms with E-state index in [0.717, 1.165) is 5.56 Å². The number of carboxylic acid groups (broad SMARTS) is 1. The Bertz CT molecular complexity index is 332. The molecule has 0 spiro atoms. The van der Waals surface area contributed by atoms with Gasteiger partial charge in [-0.25, -0.2) is 0 Å². The third-order valence-corrected chi connectivity index (χ3v) is 2.23. The van der Waals surface area contributed by atoms with Crippen molar-refractivity contribution in [1.82, 2.24) is 0 Å². The highest BCUT2D eigenvalue weighted by atomic mass is 16.5. The number of carboxylic acids is 1. The van der Waals surface area contributed by atoms with Gasteiger partial charge >= 0.3 is 5.97 Å². The third-order valence-electron chi connectivity index (χ3n) is 2.23. The van der Waals surface area contributed by atoms with Crippen molar-refractivity contribution < 1.29 is 14.6 Å². The molecule has 3 nitrogen and oxygen atoms in total. The summed E-state index contributed by atoms with van der Waals surface area (Å²) in [7, 11) is 0. The molecule has 0 aromatic heterocycles. The normalized spacial score (nSPS) is 12.0. The summed E-state index contributed by atoms with van der Waals surface area (Å²) in [6.07, 6.45) is 2.04. The van der Waals surface area contributed by atoms with E-state index in [1.165, 1.54) is 0 Å². The van der Waals surface area contributed by atoms with Crippen molar-refractivity contribution in [3.05, 3.63) is 48.6 Å². The maximum absolute atomic E-state index is 10.8. The molecule has 3 heteroatoms. The Balaban J connectivity index is 2.33. The third kappa shape index (κ3) is 4.28. The second-order valence-corrected chi connectivity index (χ2v) is 3.56. The molecule has 86 valence electrons. The molecular formula is C13H16O3. The molecule has 16 heavy (non-hydrogen) atoms. The monoisotopic (exact) mass is 220 g/mol. The fourth-order valence-corrected chi connectivity index (χ4v) is 1.33. The highest BCUT2D eigenvalue weighted by Gasteiger charge is 2.15. The summed E-state index contributed by atoms with van der Waals surface area (Å²) in [4.78, 5) is 10.8. The number of hydrogen-bond acceptors (Lipinski definition) is 2. The number of ether oxygens (including phenoxy) is 1. The quantitative estimate of drug-likeness (QED) is 0.718. The van der Waals surface area contributed by atoms with Gasteiger partial charge in [0.1, 0.15) is 0 Å². The molecule has 0 bridgehead atoms. The Morgan fingerprint density at radius 1 is 1.44 bits per heavy atom. The van der Waals surface area contributed by atoms with Crippen LogP contribution >= 0.6 is 0 Å². The zero-order valence-electron chi connectivity index (χ0n) is 9.13. The molecule has 1 atom stereocenters. The summed E-state index contributed by atoms with van der Waals surface area (Å²) >= 11 is 0. The Morgan fingerprint density at radius 3 is 2.69 bits per heavy atom. The molecule has 0 amide bonds. The lowest BCUT2D eigenvalue weighted by Crippen LogP contribution is -2.19. The van der Waals surface area contributed by atoms with Gasteiger partial charge in [-0.1, -0.05) is 36.4 Å². The van der Waals surface area contributed by atoms with Crippen molar-refractivity contribution in [1.29, 1.82) is 0 Å². The molecule has 0 fully saturated rings. The van der Waals surface area contributed by atoms with Crippen LogP contribution in [-0.2, 0) is 16.1 Å². The SMILES string of the molecule is C=CC[C@H](COCc1ccccc1)C(=O)O. The van der Waals surface area contributed by atoms with E-state index < -0.39 is 11.9 Å². The van der Waals surface area contributed by atoms with Crippen LogP contribution in [0.15, 0.2) is 43.0 Å². The molecule has 0 unspecified atom stereocenters. The molecule has 0 saturated heterocycles. The van der Waals surface area contributed by atoms with Crippen LogP contribution in [-0.4, -0.2) is 17.7 Å². The molecule has 1 rings (SSSR count). The lowest BCUT2D eigenvalue weighted by atomic mass is 10.1. The Hall–Kier alpha value is -1.61. The van der Waals surface area contributed by atoms with Gasteiger partial charge in [0, 0.05) is 0 Å². The lowest BCUT2D eigenvalue weighted by Gasteiger charge is -2.10. The van der Waals surface area contributed by atoms with Crippen molar-refractivity contribution in [2.75, 3.05) is 6.61 Å². The second-order valence-electron chi connectivity index (χ2n) is 3.56. The minimum atomic E-state index is -0.840. The minimum absolute atomic E-state index is 0.218. The van der Waals surface area contributed by atoms with Gasteiger partial charge in [-0.15, -0.1) is 6.58 Å². The Kier molecular flexibility index (Phi) is 5.29. The van der Waals surface area contributed by atoms with Crippen LogP contribution in [0.2, 0.25) is 0 Å². The minimum Gasteiger partial charge on any atom is -0.481 e. The first-order chi connectivity index (χ1) is 7.74. The molecule has 0 aliphatic rings. The molecule has 1 N–H and O–H groups in total. The van der Waals surface area contributed by atoms with E-state index in [2.05, 4.69) is 6.58 Å². The van der Waals surface area contributed by atoms with E-state index in [1.54, 1.807) is 6.08 Å². The molecule has 0 aliphatic carbocycles. The van der Waals surface area contributed by atoms with Gasteiger partial charge in [0.05, 0.1) is 19.1 Å². The number of rotatable bonds is 7. The lowest BCUT2D eigenvalue weighted by molar-refractivity contribution is -0.143. The van der Waals surface area contributed by atoms with Gasteiger partial charge in [0.2, 0.25) is 0 Å². The highest BCUT2D eigenvalue weighted by Crippen LogP contribution is 2.07. The summed E-state index contributed by atoms with van der Waals surface area (Å²) in [6, 6.07) is 9.68. The van der Waals surface area contributed by atoms with Crippen molar-refractivity contribution in [3.8, 4) is 0 Å². The maximum Gasteiger partial charge on any atom is 0.309 e. The van der Waals surface area contributed by atoms with Crippen LogP contribution in [0.25, 0.3) is 0 Å². The van der Waals surface area contributed by atoms with Crippen molar-refractivity contribution in [2.45, 2.75) is 13.0 Å². The summed E-state index contributed by atoms with van der Waals surface area (Å²) < 4.78 is 5.37. The van der Waals surface area contributed by atoms with Crippen molar-refractivity contribution >= 4 is 5.97 Å². The molecular weight excluding hydrogens is 204 g/mol. The number of allylic oxidation sites excluding steroid dienone is 1. The molecule has 0 aliphatic heterocycles. The predicted octanol–water partition coefficient (Wildman–Crippen LogP) is 2.48. The van der Waals surface area contributed by atoms with E-state index >= 15 is 0 Å². The summed E-state index contributed by atoms with van der Waals surface area (Å²) in [6.45, 7) is 4.19. The fraction of sp³-hybridized carbons (Fsp3) is 0.308. The van der Waals surface area contributed by atoms with Gasteiger partial charge in [-0.05, 0) is 12.0 Å². The average molecular weight is 220 g/mol. The topological polar surface area (TPSA) is 46.5 Å². The van der Waals surface area contributed by atoms with Crippen LogP contribution in [0.5, 0.6) is 0 Å². The molecule has 1 aromatic rings. The zero-order valence-corrected chi connectivity index (χ0v) is 9.13. The summed E-state index contributed by atoms with van der Waals surface area (Å²) in [5.74, 6) is -1.34. The molecule has 0 heterocycles. The van der Waals surface area contributed by atoms with Crippen LogP contribution in [0.4, 0.5) is 0 Å². The van der Waals surface area contributed by atoms with E-state index in [1.807, 2.05) is 30.3 Å². The van der Waals surface area contributed by atoms with Gasteiger partial charge in [0.15, 0.2) is 0 Å².